The summed E-state index contributed by atoms with van der Waals surface area (Å²) >= 11 is 1.22. The minimum absolute atomic E-state index is 0.253. The topological polar surface area (TPSA) is 127 Å². The molecule has 1 aliphatic heterocycles. The summed E-state index contributed by atoms with van der Waals surface area (Å²) in [5.74, 6) is 0.0732. The first kappa shape index (κ1) is 26.6. The Morgan fingerprint density at radius 3 is 2.82 bits per heavy atom. The first-order chi connectivity index (χ1) is 18.3. The Morgan fingerprint density at radius 1 is 1.21 bits per heavy atom. The van der Waals surface area contributed by atoms with Crippen LogP contribution >= 0.6 is 11.3 Å². The molecular formula is C26H32N6O4S2. The van der Waals surface area contributed by atoms with E-state index < -0.39 is 15.9 Å². The van der Waals surface area contributed by atoms with Crippen LogP contribution in [0.5, 0.6) is 5.88 Å². The molecule has 2 aliphatic rings. The number of nitrogens with zero attached hydrogens (tertiary/aromatic N) is 5. The highest BCUT2D eigenvalue weighted by Gasteiger charge is 2.37. The van der Waals surface area contributed by atoms with Gasteiger partial charge in [0, 0.05) is 18.4 Å². The van der Waals surface area contributed by atoms with Gasteiger partial charge in [0.05, 0.1) is 45.8 Å². The predicted molar refractivity (Wildman–Crippen MR) is 144 cm³/mol. The molecular weight excluding hydrogens is 524 g/mol. The molecule has 2 atom stereocenters. The van der Waals surface area contributed by atoms with Gasteiger partial charge < -0.3 is 15.0 Å². The van der Waals surface area contributed by atoms with Crippen molar-refractivity contribution >= 4 is 27.1 Å². The van der Waals surface area contributed by atoms with Crippen LogP contribution in [0.4, 0.5) is 0 Å². The molecule has 4 heterocycles. The summed E-state index contributed by atoms with van der Waals surface area (Å²) in [5.41, 5.74) is 1.12. The van der Waals surface area contributed by atoms with E-state index in [0.717, 1.165) is 25.8 Å². The van der Waals surface area contributed by atoms with E-state index in [9.17, 15) is 13.2 Å². The number of amides is 1. The van der Waals surface area contributed by atoms with Gasteiger partial charge in [-0.05, 0) is 64.8 Å². The number of thiazole rings is 1. The van der Waals surface area contributed by atoms with Crippen molar-refractivity contribution in [3.05, 3.63) is 47.6 Å². The smallest absolute Gasteiger partial charge is 0.280 e. The molecule has 10 nitrogen and oxygen atoms in total. The second-order valence-corrected chi connectivity index (χ2v) is 13.0. The molecule has 38 heavy (non-hydrogen) atoms. The van der Waals surface area contributed by atoms with Gasteiger partial charge in [-0.15, -0.1) is 11.3 Å². The summed E-state index contributed by atoms with van der Waals surface area (Å²) in [5, 5.41) is 3.07. The number of hydrogen-bond donors (Lipinski definition) is 1. The number of pyridine rings is 1. The number of ether oxygens (including phenoxy) is 1. The van der Waals surface area contributed by atoms with Crippen LogP contribution in [0.25, 0.3) is 10.6 Å². The monoisotopic (exact) mass is 556 g/mol. The molecule has 3 aromatic rings. The van der Waals surface area contributed by atoms with E-state index in [4.69, 9.17) is 4.74 Å². The van der Waals surface area contributed by atoms with Crippen LogP contribution in [0.15, 0.2) is 41.8 Å². The quantitative estimate of drug-likeness (QED) is 0.398. The van der Waals surface area contributed by atoms with Gasteiger partial charge in [-0.1, -0.05) is 6.42 Å². The molecule has 202 valence electrons. The highest BCUT2D eigenvalue weighted by atomic mass is 32.2. The zero-order valence-electron chi connectivity index (χ0n) is 21.5. The standard InChI is InChI=1S/C26H32N6O4S2/c1-3-36-24-16-27-14-22(30-24)23-15-29-26(37-23)25(33)31-21(12-17-6-4-5-11-32(17)2)20-13-19(9-10-28-20)38(34,35)18-7-8-18/h9-10,13-18,21H,3-8,11-12H2,1-2H3,(H,31,33)/t17-,21+/m1/s1. The molecule has 1 saturated carbocycles. The summed E-state index contributed by atoms with van der Waals surface area (Å²) in [6.45, 7) is 3.34. The lowest BCUT2D eigenvalue weighted by Crippen LogP contribution is -2.40. The van der Waals surface area contributed by atoms with Crippen molar-refractivity contribution in [2.24, 2.45) is 0 Å². The SMILES string of the molecule is CCOc1cncc(-c2cnc(C(=O)N[C@@H](C[C@H]3CCCCN3C)c3cc(S(=O)(=O)C4CC4)ccn3)s2)n1. The van der Waals surface area contributed by atoms with Crippen LogP contribution in [0.3, 0.4) is 0 Å². The fourth-order valence-electron chi connectivity index (χ4n) is 4.74. The molecule has 12 heteroatoms. The lowest BCUT2D eigenvalue weighted by atomic mass is 9.94. The third kappa shape index (κ3) is 6.02. The number of nitrogens with one attached hydrogen (secondary N) is 1. The Labute approximate surface area is 226 Å². The van der Waals surface area contributed by atoms with Crippen LogP contribution in [0.1, 0.15) is 67.0 Å². The van der Waals surface area contributed by atoms with Crippen molar-refractivity contribution in [2.45, 2.75) is 67.7 Å². The Morgan fingerprint density at radius 2 is 2.05 bits per heavy atom. The van der Waals surface area contributed by atoms with Crippen molar-refractivity contribution < 1.29 is 17.9 Å². The van der Waals surface area contributed by atoms with E-state index in [-0.39, 0.29) is 27.1 Å². The van der Waals surface area contributed by atoms with E-state index in [0.29, 0.717) is 48.0 Å². The largest absolute Gasteiger partial charge is 0.477 e. The van der Waals surface area contributed by atoms with E-state index >= 15 is 0 Å². The number of carbonyl (C=O) groups excluding carboxylic acids is 1. The molecule has 0 unspecified atom stereocenters. The van der Waals surface area contributed by atoms with Crippen LogP contribution in [-0.4, -0.2) is 70.7 Å². The number of likely N-dealkylation sites (tertiary alicyclic amines) is 1. The number of sulfone groups is 1. The summed E-state index contributed by atoms with van der Waals surface area (Å²) in [6, 6.07) is 2.97. The third-order valence-corrected chi connectivity index (χ3v) is 10.3. The Hall–Kier alpha value is -2.96. The number of rotatable bonds is 10. The molecule has 1 N–H and O–H groups in total. The second-order valence-electron chi connectivity index (χ2n) is 9.76. The van der Waals surface area contributed by atoms with Crippen LogP contribution < -0.4 is 10.1 Å². The maximum Gasteiger partial charge on any atom is 0.280 e. The Kier molecular flexibility index (Phi) is 8.01. The molecule has 2 fully saturated rings. The van der Waals surface area contributed by atoms with Crippen molar-refractivity contribution in [1.82, 2.24) is 30.2 Å². The Balaban J connectivity index is 1.39. The van der Waals surface area contributed by atoms with Gasteiger partial charge in [0.25, 0.3) is 5.91 Å². The summed E-state index contributed by atoms with van der Waals surface area (Å²) in [6.07, 6.45) is 11.6. The number of aromatic nitrogens is 4. The van der Waals surface area contributed by atoms with Crippen LogP contribution in [0, 0.1) is 0 Å². The van der Waals surface area contributed by atoms with Crippen molar-refractivity contribution in [3.8, 4) is 16.5 Å². The van der Waals surface area contributed by atoms with Gasteiger partial charge in [0.2, 0.25) is 5.88 Å². The first-order valence-corrected chi connectivity index (χ1v) is 15.3. The molecule has 5 rings (SSSR count). The fourth-order valence-corrected chi connectivity index (χ4v) is 7.19. The number of piperidine rings is 1. The number of hydrogen-bond acceptors (Lipinski definition) is 10. The minimum Gasteiger partial charge on any atom is -0.477 e. The maximum absolute atomic E-state index is 13.4. The predicted octanol–water partition coefficient (Wildman–Crippen LogP) is 3.68. The average Bonchev–Trinajstić information content (AvgIpc) is 3.67. The van der Waals surface area contributed by atoms with E-state index in [1.807, 2.05) is 6.92 Å². The van der Waals surface area contributed by atoms with Gasteiger partial charge in [0.15, 0.2) is 14.8 Å². The minimum atomic E-state index is -3.38. The zero-order valence-corrected chi connectivity index (χ0v) is 23.2. The average molecular weight is 557 g/mol. The molecule has 1 amide bonds. The van der Waals surface area contributed by atoms with Gasteiger partial charge in [-0.3, -0.25) is 14.8 Å². The van der Waals surface area contributed by atoms with Crippen molar-refractivity contribution in [3.63, 3.8) is 0 Å². The van der Waals surface area contributed by atoms with Gasteiger partial charge in [-0.2, -0.15) is 0 Å². The lowest BCUT2D eigenvalue weighted by molar-refractivity contribution is 0.0915. The highest BCUT2D eigenvalue weighted by Crippen LogP contribution is 2.35. The van der Waals surface area contributed by atoms with E-state index in [1.165, 1.54) is 17.5 Å². The van der Waals surface area contributed by atoms with Crippen molar-refractivity contribution in [1.29, 1.82) is 0 Å². The van der Waals surface area contributed by atoms with Gasteiger partial charge in [0.1, 0.15) is 5.69 Å². The lowest BCUT2D eigenvalue weighted by Gasteiger charge is -2.35. The van der Waals surface area contributed by atoms with Crippen LogP contribution in [-0.2, 0) is 9.84 Å². The summed E-state index contributed by atoms with van der Waals surface area (Å²) < 4.78 is 31.2. The summed E-state index contributed by atoms with van der Waals surface area (Å²) in [7, 11) is -1.29. The summed E-state index contributed by atoms with van der Waals surface area (Å²) in [4.78, 5) is 34.1. The molecule has 0 aromatic carbocycles. The van der Waals surface area contributed by atoms with Gasteiger partial charge >= 0.3 is 0 Å². The Bertz CT molecular complexity index is 1390. The highest BCUT2D eigenvalue weighted by molar-refractivity contribution is 7.92. The van der Waals surface area contributed by atoms with Crippen molar-refractivity contribution in [2.75, 3.05) is 20.2 Å². The maximum atomic E-state index is 13.4. The second kappa shape index (κ2) is 11.4. The van der Waals surface area contributed by atoms with Gasteiger partial charge in [-0.25, -0.2) is 18.4 Å². The van der Waals surface area contributed by atoms with Crippen LogP contribution in [0.2, 0.25) is 0 Å². The van der Waals surface area contributed by atoms with E-state index in [1.54, 1.807) is 30.7 Å². The molecule has 3 aromatic heterocycles. The fraction of sp³-hybridized carbons (Fsp3) is 0.500. The molecule has 0 spiro atoms. The normalized spacial score (nSPS) is 19.2. The molecule has 0 radical (unpaired) electrons. The number of carbonyl (C=O) groups is 1. The molecule has 0 bridgehead atoms. The third-order valence-electron chi connectivity index (χ3n) is 6.99. The molecule has 1 saturated heterocycles. The molecule has 1 aliphatic carbocycles. The first-order valence-electron chi connectivity index (χ1n) is 13.0. The van der Waals surface area contributed by atoms with E-state index in [2.05, 4.69) is 37.2 Å². The zero-order chi connectivity index (χ0) is 26.7.